The number of hydrogen-bond donors (Lipinski definition) is 2. The first-order valence-corrected chi connectivity index (χ1v) is 8.03. The summed E-state index contributed by atoms with van der Waals surface area (Å²) < 4.78 is 20.0. The van der Waals surface area contributed by atoms with Crippen molar-refractivity contribution in [2.75, 3.05) is 11.1 Å². The number of amides is 1. The van der Waals surface area contributed by atoms with Crippen LogP contribution < -0.4 is 11.1 Å². The quantitative estimate of drug-likeness (QED) is 0.574. The van der Waals surface area contributed by atoms with E-state index in [1.54, 1.807) is 24.3 Å². The molecule has 3 aromatic rings. The first kappa shape index (κ1) is 16.5. The maximum Gasteiger partial charge on any atom is 0.291 e. The van der Waals surface area contributed by atoms with Crippen molar-refractivity contribution in [3.8, 4) is 11.3 Å². The minimum atomic E-state index is -0.495. The Bertz CT molecular complexity index is 927. The molecule has 0 fully saturated rings. The summed E-state index contributed by atoms with van der Waals surface area (Å²) in [4.78, 5) is 12.2. The average Bonchev–Trinajstić information content (AvgIpc) is 3.00. The maximum absolute atomic E-state index is 14.0. The molecule has 3 N–H and O–H groups in total. The Morgan fingerprint density at radius 3 is 2.67 bits per heavy atom. The number of anilines is 2. The number of rotatable bonds is 3. The smallest absolute Gasteiger partial charge is 0.291 e. The van der Waals surface area contributed by atoms with Crippen LogP contribution in [0.25, 0.3) is 11.3 Å². The molecule has 0 bridgehead atoms. The lowest BCUT2D eigenvalue weighted by atomic mass is 10.1. The summed E-state index contributed by atoms with van der Waals surface area (Å²) in [6, 6.07) is 12.3. The van der Waals surface area contributed by atoms with Crippen molar-refractivity contribution in [2.45, 2.75) is 0 Å². The van der Waals surface area contributed by atoms with E-state index in [1.165, 1.54) is 24.3 Å². The number of hydrogen-bond acceptors (Lipinski definition) is 3. The highest BCUT2D eigenvalue weighted by Gasteiger charge is 2.16. The fourth-order valence-electron chi connectivity index (χ4n) is 2.11. The van der Waals surface area contributed by atoms with Gasteiger partial charge in [-0.3, -0.25) is 4.79 Å². The van der Waals surface area contributed by atoms with Crippen molar-refractivity contribution in [1.82, 2.24) is 0 Å². The van der Waals surface area contributed by atoms with Crippen molar-refractivity contribution in [3.63, 3.8) is 0 Å². The van der Waals surface area contributed by atoms with Gasteiger partial charge in [0.1, 0.15) is 11.6 Å². The molecule has 4 nitrogen and oxygen atoms in total. The van der Waals surface area contributed by atoms with Gasteiger partial charge in [0.25, 0.3) is 5.91 Å². The van der Waals surface area contributed by atoms with Gasteiger partial charge in [0.2, 0.25) is 0 Å². The van der Waals surface area contributed by atoms with Crippen LogP contribution in [0.1, 0.15) is 10.6 Å². The molecule has 0 atom stereocenters. The predicted octanol–water partition coefficient (Wildman–Crippen LogP) is 5.34. The van der Waals surface area contributed by atoms with Gasteiger partial charge in [-0.25, -0.2) is 4.39 Å². The molecule has 0 aliphatic heterocycles. The molecule has 0 aliphatic rings. The van der Waals surface area contributed by atoms with Crippen LogP contribution in [0.3, 0.4) is 0 Å². The van der Waals surface area contributed by atoms with Gasteiger partial charge in [0, 0.05) is 10.2 Å². The lowest BCUT2D eigenvalue weighted by molar-refractivity contribution is 0.0997. The zero-order valence-corrected chi connectivity index (χ0v) is 14.5. The Kier molecular flexibility index (Phi) is 4.59. The van der Waals surface area contributed by atoms with E-state index in [4.69, 9.17) is 21.8 Å². The molecule has 7 heteroatoms. The number of nitrogens with two attached hydrogens (primary N) is 1. The van der Waals surface area contributed by atoms with Crippen LogP contribution in [-0.2, 0) is 0 Å². The number of nitrogens with one attached hydrogen (secondary N) is 1. The molecule has 122 valence electrons. The zero-order chi connectivity index (χ0) is 17.3. The second kappa shape index (κ2) is 6.67. The van der Waals surface area contributed by atoms with Gasteiger partial charge in [-0.15, -0.1) is 0 Å². The molecule has 0 saturated heterocycles. The summed E-state index contributed by atoms with van der Waals surface area (Å²) in [5.74, 6) is -0.647. The monoisotopic (exact) mass is 408 g/mol. The van der Waals surface area contributed by atoms with Crippen molar-refractivity contribution < 1.29 is 13.6 Å². The molecule has 0 saturated carbocycles. The Hall–Kier alpha value is -2.31. The van der Waals surface area contributed by atoms with E-state index in [0.717, 1.165) is 0 Å². The van der Waals surface area contributed by atoms with E-state index in [0.29, 0.717) is 20.9 Å². The molecule has 0 unspecified atom stereocenters. The van der Waals surface area contributed by atoms with E-state index in [-0.39, 0.29) is 17.1 Å². The Labute approximate surface area is 150 Å². The highest BCUT2D eigenvalue weighted by Crippen LogP contribution is 2.28. The summed E-state index contributed by atoms with van der Waals surface area (Å²) in [6.45, 7) is 0. The Balaban J connectivity index is 1.83. The topological polar surface area (TPSA) is 68.3 Å². The van der Waals surface area contributed by atoms with Gasteiger partial charge in [-0.2, -0.15) is 0 Å². The summed E-state index contributed by atoms with van der Waals surface area (Å²) in [5, 5.41) is 2.93. The van der Waals surface area contributed by atoms with E-state index >= 15 is 0 Å². The summed E-state index contributed by atoms with van der Waals surface area (Å²) in [5.41, 5.74) is 6.77. The lowest BCUT2D eigenvalue weighted by Gasteiger charge is -2.06. The number of furan rings is 1. The number of halogens is 3. The lowest BCUT2D eigenvalue weighted by Crippen LogP contribution is -2.11. The van der Waals surface area contributed by atoms with Crippen LogP contribution in [0.4, 0.5) is 15.8 Å². The molecule has 2 aromatic carbocycles. The van der Waals surface area contributed by atoms with Crippen molar-refractivity contribution in [1.29, 1.82) is 0 Å². The first-order valence-electron chi connectivity index (χ1n) is 6.85. The fraction of sp³-hybridized carbons (Fsp3) is 0. The molecule has 0 radical (unpaired) electrons. The number of carbonyl (C=O) groups is 1. The third-order valence-corrected chi connectivity index (χ3v) is 4.07. The fourth-order valence-corrected chi connectivity index (χ4v) is 2.68. The molecular formula is C17H11BrClFN2O2. The number of carbonyl (C=O) groups excluding carboxylic acids is 1. The molecule has 24 heavy (non-hydrogen) atoms. The SMILES string of the molecule is Nc1ccc(NC(=O)c2ccc(-c3ccc(Br)cc3F)o2)c(Cl)c1. The Morgan fingerprint density at radius 1 is 1.17 bits per heavy atom. The zero-order valence-electron chi connectivity index (χ0n) is 12.1. The van der Waals surface area contributed by atoms with E-state index in [1.807, 2.05) is 0 Å². The van der Waals surface area contributed by atoms with Crippen molar-refractivity contribution in [3.05, 3.63) is 69.6 Å². The van der Waals surface area contributed by atoms with E-state index < -0.39 is 11.7 Å². The molecular weight excluding hydrogens is 399 g/mol. The standard InChI is InChI=1S/C17H11BrClFN2O2/c18-9-1-3-11(13(20)7-9)15-5-6-16(24-15)17(23)22-14-4-2-10(21)8-12(14)19/h1-8H,21H2,(H,22,23). The van der Waals surface area contributed by atoms with Crippen molar-refractivity contribution >= 4 is 44.8 Å². The molecule has 0 aliphatic carbocycles. The van der Waals surface area contributed by atoms with Crippen LogP contribution in [0.2, 0.25) is 5.02 Å². The number of nitrogen functional groups attached to an aromatic ring is 1. The largest absolute Gasteiger partial charge is 0.451 e. The van der Waals surface area contributed by atoms with Gasteiger partial charge >= 0.3 is 0 Å². The van der Waals surface area contributed by atoms with Gasteiger partial charge in [0.05, 0.1) is 16.3 Å². The first-order chi connectivity index (χ1) is 11.4. The van der Waals surface area contributed by atoms with Crippen LogP contribution in [-0.4, -0.2) is 5.91 Å². The normalized spacial score (nSPS) is 10.6. The van der Waals surface area contributed by atoms with E-state index in [9.17, 15) is 9.18 Å². The van der Waals surface area contributed by atoms with Crippen LogP contribution >= 0.6 is 27.5 Å². The second-order valence-electron chi connectivity index (χ2n) is 4.98. The summed E-state index contributed by atoms with van der Waals surface area (Å²) in [6.07, 6.45) is 0. The minimum Gasteiger partial charge on any atom is -0.451 e. The van der Waals surface area contributed by atoms with Gasteiger partial charge in [-0.05, 0) is 48.5 Å². The molecule has 1 heterocycles. The molecule has 1 amide bonds. The molecule has 1 aromatic heterocycles. The Morgan fingerprint density at radius 2 is 1.96 bits per heavy atom. The van der Waals surface area contributed by atoms with E-state index in [2.05, 4.69) is 21.2 Å². The highest BCUT2D eigenvalue weighted by atomic mass is 79.9. The van der Waals surface area contributed by atoms with Crippen LogP contribution in [0.5, 0.6) is 0 Å². The minimum absolute atomic E-state index is 0.0419. The second-order valence-corrected chi connectivity index (χ2v) is 6.30. The third-order valence-electron chi connectivity index (χ3n) is 3.27. The van der Waals surface area contributed by atoms with Gasteiger partial charge in [0.15, 0.2) is 5.76 Å². The number of benzene rings is 2. The third kappa shape index (κ3) is 3.44. The predicted molar refractivity (Wildman–Crippen MR) is 95.6 cm³/mol. The molecule has 0 spiro atoms. The van der Waals surface area contributed by atoms with Gasteiger partial charge < -0.3 is 15.5 Å². The summed E-state index contributed by atoms with van der Waals surface area (Å²) in [7, 11) is 0. The highest BCUT2D eigenvalue weighted by molar-refractivity contribution is 9.10. The van der Waals surface area contributed by atoms with Crippen LogP contribution in [0.15, 0.2) is 57.4 Å². The average molecular weight is 410 g/mol. The summed E-state index contributed by atoms with van der Waals surface area (Å²) >= 11 is 9.21. The van der Waals surface area contributed by atoms with Gasteiger partial charge in [-0.1, -0.05) is 27.5 Å². The van der Waals surface area contributed by atoms with Crippen molar-refractivity contribution in [2.24, 2.45) is 0 Å². The van der Waals surface area contributed by atoms with Crippen LogP contribution in [0, 0.1) is 5.82 Å². The molecule has 3 rings (SSSR count). The maximum atomic E-state index is 14.0.